The number of nitriles is 2. The van der Waals surface area contributed by atoms with Gasteiger partial charge in [0.25, 0.3) is 32.1 Å². The quantitative estimate of drug-likeness (QED) is 0.00525. The number of benzene rings is 4. The van der Waals surface area contributed by atoms with Gasteiger partial charge >= 0.3 is 0 Å². The van der Waals surface area contributed by atoms with Crippen molar-refractivity contribution in [2.24, 2.45) is 31.9 Å². The van der Waals surface area contributed by atoms with E-state index in [2.05, 4.69) is 56.7 Å². The maximum Gasteiger partial charge on any atom is 0.297 e. The van der Waals surface area contributed by atoms with Crippen molar-refractivity contribution in [2.75, 3.05) is 69.6 Å². The third-order valence-corrected chi connectivity index (χ3v) is 18.2. The maximum atomic E-state index is 13.5. The lowest BCUT2D eigenvalue weighted by Gasteiger charge is -2.22. The number of ketones is 2. The molecule has 7 aromatic rings. The second-order valence-electron chi connectivity index (χ2n) is 19.4. The summed E-state index contributed by atoms with van der Waals surface area (Å²) in [6, 6.07) is 24.2. The van der Waals surface area contributed by atoms with Gasteiger partial charge in [-0.1, -0.05) is 23.9 Å². The fraction of sp³-hybridized carbons (Fsp3) is 0.203. The molecule has 3 heterocycles. The lowest BCUT2D eigenvalue weighted by molar-refractivity contribution is -0.120. The molecular formula is C59H57N17O13S5. The molecule has 486 valence electrons. The van der Waals surface area contributed by atoms with Crippen LogP contribution in [0.25, 0.3) is 12.2 Å². The summed E-state index contributed by atoms with van der Waals surface area (Å²) in [5, 5.41) is 58.5. The Kier molecular flexibility index (Phi) is 23.6. The molecule has 0 saturated heterocycles. The van der Waals surface area contributed by atoms with Gasteiger partial charge in [-0.25, -0.2) is 0 Å². The topological polar surface area (TPSA) is 474 Å². The van der Waals surface area contributed by atoms with Crippen molar-refractivity contribution in [3.8, 4) is 12.1 Å². The Labute approximate surface area is 549 Å². The van der Waals surface area contributed by atoms with E-state index < -0.39 is 97.2 Å². The monoisotopic (exact) mass is 1370 g/mol. The molecule has 0 aliphatic heterocycles. The summed E-state index contributed by atoms with van der Waals surface area (Å²) in [6.07, 6.45) is 1.73. The van der Waals surface area contributed by atoms with Crippen LogP contribution in [0.4, 0.5) is 67.4 Å². The summed E-state index contributed by atoms with van der Waals surface area (Å²) in [7, 11) is -10.5. The molecule has 0 saturated carbocycles. The number of aromatic nitrogens is 3. The fourth-order valence-corrected chi connectivity index (χ4v) is 13.6. The number of nitrogens with one attached hydrogen (secondary N) is 4. The molecule has 11 N–H and O–H groups in total. The van der Waals surface area contributed by atoms with E-state index in [4.69, 9.17) is 11.5 Å². The van der Waals surface area contributed by atoms with Gasteiger partial charge < -0.3 is 47.6 Å². The van der Waals surface area contributed by atoms with Gasteiger partial charge in [0, 0.05) is 65.8 Å². The molecule has 0 radical (unpaired) electrons. The molecular weight excluding hydrogens is 1320 g/mol. The number of nitrogens with two attached hydrogens (primary N) is 2. The number of anilines is 8. The van der Waals surface area contributed by atoms with E-state index in [-0.39, 0.29) is 84.7 Å². The molecule has 3 aromatic heterocycles. The van der Waals surface area contributed by atoms with E-state index in [0.29, 0.717) is 60.2 Å². The highest BCUT2D eigenvalue weighted by atomic mass is 32.2. The SMILES string of the molecule is CCN(CC)c1ccc(/N=N/c2sc(/C=C(/C(C)=O)C(=O)Nc3cccc(C(N)=O)c3)c(S(=O)(=O)O)c2C#N)c(Nc2nc(Nc3cc(N(CC)CC)ccc3/N=N/c3sc(/C=C(\C(C)=O)C(=O)Nc4cccc(C(N)=O)c4)c(S(=O)(=O)O)c3C#N)nc(SCCO)n2)c1. The van der Waals surface area contributed by atoms with Crippen LogP contribution in [0.2, 0.25) is 0 Å². The van der Waals surface area contributed by atoms with Crippen LogP contribution in [0.15, 0.2) is 131 Å². The molecule has 4 amide bonds. The van der Waals surface area contributed by atoms with E-state index >= 15 is 0 Å². The molecule has 30 nitrogen and oxygen atoms in total. The number of nitrogens with zero attached hydrogens (tertiary/aromatic N) is 11. The first-order chi connectivity index (χ1) is 44.6. The summed E-state index contributed by atoms with van der Waals surface area (Å²) < 4.78 is 73.0. The van der Waals surface area contributed by atoms with Gasteiger partial charge in [0.15, 0.2) is 26.7 Å². The van der Waals surface area contributed by atoms with Gasteiger partial charge in [0.1, 0.15) is 44.4 Å². The number of aliphatic hydroxyl groups is 1. The summed E-state index contributed by atoms with van der Waals surface area (Å²) in [5.41, 5.74) is 10.1. The minimum absolute atomic E-state index is 0.0296. The lowest BCUT2D eigenvalue weighted by atomic mass is 10.1. The molecule has 0 spiro atoms. The fourth-order valence-electron chi connectivity index (χ4n) is 8.80. The van der Waals surface area contributed by atoms with Crippen LogP contribution in [0.3, 0.4) is 0 Å². The van der Waals surface area contributed by atoms with Crippen LogP contribution < -0.4 is 42.5 Å². The number of hydrogen-bond acceptors (Lipinski definition) is 27. The molecule has 0 aliphatic rings. The van der Waals surface area contributed by atoms with Crippen molar-refractivity contribution in [1.29, 1.82) is 10.5 Å². The Morgan fingerprint density at radius 1 is 0.606 bits per heavy atom. The van der Waals surface area contributed by atoms with Crippen molar-refractivity contribution in [3.63, 3.8) is 0 Å². The Morgan fingerprint density at radius 3 is 1.33 bits per heavy atom. The van der Waals surface area contributed by atoms with E-state index in [9.17, 15) is 70.3 Å². The second kappa shape index (κ2) is 31.2. The zero-order chi connectivity index (χ0) is 68.8. The lowest BCUT2D eigenvalue weighted by Crippen LogP contribution is -2.21. The Morgan fingerprint density at radius 2 is 1.00 bits per heavy atom. The van der Waals surface area contributed by atoms with Crippen molar-refractivity contribution in [1.82, 2.24) is 15.0 Å². The van der Waals surface area contributed by atoms with Gasteiger partial charge in [-0.15, -0.1) is 43.1 Å². The van der Waals surface area contributed by atoms with Crippen LogP contribution in [0, 0.1) is 22.7 Å². The van der Waals surface area contributed by atoms with E-state index in [0.717, 1.165) is 37.8 Å². The first-order valence-corrected chi connectivity index (χ1v) is 33.3. The van der Waals surface area contributed by atoms with Crippen molar-refractivity contribution >= 4 is 169 Å². The summed E-state index contributed by atoms with van der Waals surface area (Å²) in [5.74, 6) is -5.56. The number of amides is 4. The van der Waals surface area contributed by atoms with E-state index in [1.807, 2.05) is 37.5 Å². The number of thiophene rings is 2. The second-order valence-corrected chi connectivity index (χ2v) is 25.2. The van der Waals surface area contributed by atoms with Gasteiger partial charge in [-0.05, 0) is 126 Å². The number of hydrogen-bond donors (Lipinski definition) is 9. The highest BCUT2D eigenvalue weighted by Gasteiger charge is 2.31. The highest BCUT2D eigenvalue weighted by Crippen LogP contribution is 2.44. The largest absolute Gasteiger partial charge is 0.396 e. The standard InChI is InChI=1S/C59H57N17O13S5/c1-7-75(8-2)37-17-19-43(71-73-55-41(29-60)49(93(84,85)86)47(91-55)27-39(31(5)78)53(82)64-35-15-11-13-33(23-35)51(62)80)45(25-37)66-57-68-58(70-59(69-57)90-22-21-77)67-46-26-38(76(9-3)10-4)18-20-44(46)72-74-56-42(30-61)50(94(87,88)89)48(92-56)28-40(32(6)79)54(83)65-36-16-12-14-34(24-36)52(63)81/h11-20,23-28,77H,7-10,21-22H2,1-6H3,(H2,62,80)(H2,63,81)(H,64,82)(H,65,83)(H,84,85,86)(H,87,88,89)(H2,66,67,68,69,70)/b39-27-,40-28+,73-71+,74-72+. The first kappa shape index (κ1) is 70.9. The zero-order valence-electron chi connectivity index (χ0n) is 50.5. The highest BCUT2D eigenvalue weighted by molar-refractivity contribution is 7.99. The summed E-state index contributed by atoms with van der Waals surface area (Å²) in [6.45, 7) is 11.6. The first-order valence-electron chi connectivity index (χ1n) is 27.8. The maximum absolute atomic E-state index is 13.5. The van der Waals surface area contributed by atoms with Crippen LogP contribution >= 0.6 is 34.4 Å². The van der Waals surface area contributed by atoms with Gasteiger partial charge in [0.05, 0.1) is 38.9 Å². The van der Waals surface area contributed by atoms with E-state index in [1.54, 1.807) is 48.5 Å². The molecule has 0 unspecified atom stereocenters. The predicted molar refractivity (Wildman–Crippen MR) is 355 cm³/mol. The number of aliphatic hydroxyl groups excluding tert-OH is 1. The zero-order valence-corrected chi connectivity index (χ0v) is 54.6. The molecule has 7 rings (SSSR count). The molecule has 94 heavy (non-hydrogen) atoms. The van der Waals surface area contributed by atoms with Gasteiger partial charge in [-0.3, -0.25) is 37.9 Å². The number of primary amides is 2. The Hall–Kier alpha value is -10.5. The Balaban J connectivity index is 1.31. The third kappa shape index (κ3) is 17.5. The normalized spacial score (nSPS) is 11.9. The minimum Gasteiger partial charge on any atom is -0.396 e. The van der Waals surface area contributed by atoms with Crippen molar-refractivity contribution in [3.05, 3.63) is 128 Å². The summed E-state index contributed by atoms with van der Waals surface area (Å²) >= 11 is 2.04. The number of carbonyl (C=O) groups is 6. The smallest absolute Gasteiger partial charge is 0.297 e. The van der Waals surface area contributed by atoms with Crippen LogP contribution in [-0.2, 0) is 39.4 Å². The van der Waals surface area contributed by atoms with E-state index in [1.165, 1.54) is 48.5 Å². The minimum atomic E-state index is -5.27. The third-order valence-electron chi connectivity index (χ3n) is 13.2. The number of thioether (sulfide) groups is 1. The molecule has 0 atom stereocenters. The molecule has 4 aromatic carbocycles. The van der Waals surface area contributed by atoms with Crippen LogP contribution in [-0.4, -0.2) is 120 Å². The molecule has 35 heteroatoms. The predicted octanol–water partition coefficient (Wildman–Crippen LogP) is 9.75. The number of Topliss-reactive ketones (excluding diaryl/α,β-unsaturated/α-hetero) is 2. The number of rotatable bonds is 29. The molecule has 0 aliphatic carbocycles. The van der Waals surface area contributed by atoms with Crippen LogP contribution in [0.1, 0.15) is 83.1 Å². The summed E-state index contributed by atoms with van der Waals surface area (Å²) in [4.78, 5) is 91.6. The number of azo groups is 2. The van der Waals surface area contributed by atoms with Crippen molar-refractivity contribution < 1.29 is 59.8 Å². The van der Waals surface area contributed by atoms with Crippen molar-refractivity contribution in [2.45, 2.75) is 56.5 Å². The average molecular weight is 1370 g/mol. The average Bonchev–Trinajstić information content (AvgIpc) is 1.69. The molecule has 0 bridgehead atoms. The van der Waals surface area contributed by atoms with Gasteiger partial charge in [-0.2, -0.15) is 42.3 Å². The number of carbonyl (C=O) groups excluding carboxylic acids is 6. The van der Waals surface area contributed by atoms with Gasteiger partial charge in [0.2, 0.25) is 23.7 Å². The Bertz CT molecular complexity index is 4340. The molecule has 0 fully saturated rings. The van der Waals surface area contributed by atoms with Crippen LogP contribution in [0.5, 0.6) is 0 Å².